The minimum atomic E-state index is -2.59. The quantitative estimate of drug-likeness (QED) is 0.194. The monoisotopic (exact) mass is 432 g/mol. The molecular weight excluding hydrogens is 400 g/mol. The van der Waals surface area contributed by atoms with Gasteiger partial charge in [-0.25, -0.2) is 4.99 Å². The first kappa shape index (κ1) is 23.6. The van der Waals surface area contributed by atoms with Gasteiger partial charge in [-0.2, -0.15) is 0 Å². The van der Waals surface area contributed by atoms with Crippen LogP contribution in [0.1, 0.15) is 27.2 Å². The Labute approximate surface area is 180 Å². The molecule has 0 radical (unpaired) electrons. The predicted octanol–water partition coefficient (Wildman–Crippen LogP) is 5.96. The third-order valence-electron chi connectivity index (χ3n) is 3.97. The maximum absolute atomic E-state index is 5.95. The highest BCUT2D eigenvalue weighted by atomic mass is 32.2. The molecule has 0 bridgehead atoms. The zero-order chi connectivity index (χ0) is 20.8. The third kappa shape index (κ3) is 8.72. The van der Waals surface area contributed by atoms with Crippen LogP contribution in [-0.2, 0) is 13.3 Å². The number of benzene rings is 2. The summed E-state index contributed by atoms with van der Waals surface area (Å²) < 4.78 is 17.8. The molecule has 2 aromatic rings. The largest absolute Gasteiger partial charge is 0.500 e. The predicted molar refractivity (Wildman–Crippen MR) is 126 cm³/mol. The van der Waals surface area contributed by atoms with Gasteiger partial charge in [0.05, 0.1) is 5.69 Å². The van der Waals surface area contributed by atoms with Gasteiger partial charge in [0.2, 0.25) is 0 Å². The molecule has 0 aliphatic rings. The first-order chi connectivity index (χ1) is 14.2. The standard InChI is InChI=1S/C22H32N2O3SSi/c1-4-25-29(26-5-2,27-6-3)19-13-18-28-22(23-20-14-9-7-10-15-20)24-21-16-11-8-12-17-21/h7-12,14-17H,4-6,13,18-19H2,1-3H3,(H,23,24). The lowest BCUT2D eigenvalue weighted by atomic mass is 10.3. The highest BCUT2D eigenvalue weighted by Gasteiger charge is 2.39. The van der Waals surface area contributed by atoms with Crippen LogP contribution in [0.5, 0.6) is 0 Å². The summed E-state index contributed by atoms with van der Waals surface area (Å²) in [5, 5.41) is 4.31. The normalized spacial score (nSPS) is 12.2. The lowest BCUT2D eigenvalue weighted by Crippen LogP contribution is -2.46. The van der Waals surface area contributed by atoms with Gasteiger partial charge >= 0.3 is 8.80 Å². The Bertz CT molecular complexity index is 699. The van der Waals surface area contributed by atoms with E-state index in [0.29, 0.717) is 19.8 Å². The van der Waals surface area contributed by atoms with Crippen molar-refractivity contribution in [1.82, 2.24) is 0 Å². The molecule has 158 valence electrons. The Hall–Kier alpha value is -1.64. The molecule has 7 heteroatoms. The summed E-state index contributed by atoms with van der Waals surface area (Å²) in [4.78, 5) is 4.78. The molecule has 0 unspecified atom stereocenters. The molecule has 5 nitrogen and oxygen atoms in total. The van der Waals surface area contributed by atoms with Crippen molar-refractivity contribution in [3.05, 3.63) is 60.7 Å². The third-order valence-corrected chi connectivity index (χ3v) is 8.08. The molecule has 0 saturated carbocycles. The highest BCUT2D eigenvalue weighted by Crippen LogP contribution is 2.22. The van der Waals surface area contributed by atoms with E-state index < -0.39 is 8.80 Å². The molecule has 0 atom stereocenters. The topological polar surface area (TPSA) is 52.1 Å². The molecule has 2 rings (SSSR count). The second kappa shape index (κ2) is 13.6. The Morgan fingerprint density at radius 2 is 1.41 bits per heavy atom. The fourth-order valence-electron chi connectivity index (χ4n) is 2.82. The lowest BCUT2D eigenvalue weighted by molar-refractivity contribution is 0.0712. The lowest BCUT2D eigenvalue weighted by Gasteiger charge is -2.28. The summed E-state index contributed by atoms with van der Waals surface area (Å²) in [5.41, 5.74) is 1.96. The van der Waals surface area contributed by atoms with E-state index in [0.717, 1.165) is 34.8 Å². The van der Waals surface area contributed by atoms with Crippen LogP contribution in [0.25, 0.3) is 0 Å². The molecule has 2 aromatic carbocycles. The first-order valence-corrected chi connectivity index (χ1v) is 13.1. The van der Waals surface area contributed by atoms with E-state index in [1.165, 1.54) is 0 Å². The van der Waals surface area contributed by atoms with Gasteiger partial charge in [-0.05, 0) is 51.5 Å². The van der Waals surface area contributed by atoms with Gasteiger partial charge in [-0.1, -0.05) is 48.2 Å². The van der Waals surface area contributed by atoms with Crippen LogP contribution < -0.4 is 5.32 Å². The maximum Gasteiger partial charge on any atom is 0.500 e. The van der Waals surface area contributed by atoms with Crippen LogP contribution in [-0.4, -0.2) is 39.5 Å². The molecule has 0 aliphatic carbocycles. The van der Waals surface area contributed by atoms with Crippen LogP contribution in [0.15, 0.2) is 65.7 Å². The zero-order valence-corrected chi connectivity index (χ0v) is 19.4. The van der Waals surface area contributed by atoms with E-state index in [1.807, 2.05) is 81.4 Å². The van der Waals surface area contributed by atoms with Crippen molar-refractivity contribution in [3.63, 3.8) is 0 Å². The fraction of sp³-hybridized carbons (Fsp3) is 0.409. The van der Waals surface area contributed by atoms with E-state index >= 15 is 0 Å². The number of aliphatic imine (C=N–C) groups is 1. The van der Waals surface area contributed by atoms with Crippen LogP contribution >= 0.6 is 11.8 Å². The van der Waals surface area contributed by atoms with Crippen LogP contribution in [0.4, 0.5) is 11.4 Å². The number of thioether (sulfide) groups is 1. The molecule has 0 fully saturated rings. The van der Waals surface area contributed by atoms with Gasteiger partial charge in [-0.15, -0.1) is 0 Å². The summed E-state index contributed by atoms with van der Waals surface area (Å²) in [6, 6.07) is 20.9. The Balaban J connectivity index is 2.00. The van der Waals surface area contributed by atoms with Crippen LogP contribution in [0.2, 0.25) is 6.04 Å². The maximum atomic E-state index is 5.95. The Morgan fingerprint density at radius 3 is 1.97 bits per heavy atom. The molecular formula is C22H32N2O3SSi. The van der Waals surface area contributed by atoms with E-state index in [4.69, 9.17) is 18.3 Å². The van der Waals surface area contributed by atoms with Gasteiger partial charge in [0.1, 0.15) is 0 Å². The minimum absolute atomic E-state index is 0.607. The summed E-state index contributed by atoms with van der Waals surface area (Å²) >= 11 is 1.70. The summed E-state index contributed by atoms with van der Waals surface area (Å²) in [7, 11) is -2.59. The van der Waals surface area contributed by atoms with Gasteiger partial charge in [0.25, 0.3) is 0 Å². The van der Waals surface area contributed by atoms with Gasteiger partial charge in [0, 0.05) is 37.3 Å². The molecule has 29 heavy (non-hydrogen) atoms. The molecule has 0 spiro atoms. The Kier molecular flexibility index (Phi) is 11.0. The average molecular weight is 433 g/mol. The van der Waals surface area contributed by atoms with Crippen molar-refractivity contribution >= 4 is 37.1 Å². The summed E-state index contributed by atoms with van der Waals surface area (Å²) in [6.07, 6.45) is 0.932. The number of anilines is 1. The van der Waals surface area contributed by atoms with Gasteiger partial charge in [0.15, 0.2) is 5.17 Å². The fourth-order valence-corrected chi connectivity index (χ4v) is 6.53. The van der Waals surface area contributed by atoms with E-state index in [9.17, 15) is 0 Å². The summed E-state index contributed by atoms with van der Waals surface area (Å²) in [5.74, 6) is 0.896. The second-order valence-corrected chi connectivity index (χ2v) is 9.99. The number of nitrogens with zero attached hydrogens (tertiary/aromatic N) is 1. The second-order valence-electron chi connectivity index (χ2n) is 6.18. The van der Waals surface area contributed by atoms with E-state index in [-0.39, 0.29) is 0 Å². The van der Waals surface area contributed by atoms with Crippen molar-refractivity contribution in [2.24, 2.45) is 4.99 Å². The summed E-state index contributed by atoms with van der Waals surface area (Å²) in [6.45, 7) is 7.79. The van der Waals surface area contributed by atoms with E-state index in [2.05, 4.69) is 5.32 Å². The van der Waals surface area contributed by atoms with Crippen molar-refractivity contribution in [1.29, 1.82) is 0 Å². The minimum Gasteiger partial charge on any atom is -0.374 e. The average Bonchev–Trinajstić information content (AvgIpc) is 2.73. The highest BCUT2D eigenvalue weighted by molar-refractivity contribution is 8.14. The Morgan fingerprint density at radius 1 is 0.862 bits per heavy atom. The van der Waals surface area contributed by atoms with Crippen LogP contribution in [0.3, 0.4) is 0 Å². The van der Waals surface area contributed by atoms with Crippen molar-refractivity contribution in [2.75, 3.05) is 30.9 Å². The van der Waals surface area contributed by atoms with E-state index in [1.54, 1.807) is 11.8 Å². The molecule has 0 amide bonds. The first-order valence-electron chi connectivity index (χ1n) is 10.2. The SMILES string of the molecule is CCO[Si](CCCSC(=Nc1ccccc1)Nc1ccccc1)(OCC)OCC. The molecule has 0 aliphatic heterocycles. The number of hydrogen-bond acceptors (Lipinski definition) is 5. The van der Waals surface area contributed by atoms with Crippen molar-refractivity contribution < 1.29 is 13.3 Å². The number of hydrogen-bond donors (Lipinski definition) is 1. The van der Waals surface area contributed by atoms with Crippen molar-refractivity contribution in [2.45, 2.75) is 33.2 Å². The van der Waals surface area contributed by atoms with Gasteiger partial charge in [-0.3, -0.25) is 0 Å². The molecule has 1 N–H and O–H groups in total. The molecule has 0 saturated heterocycles. The van der Waals surface area contributed by atoms with Crippen LogP contribution in [0, 0.1) is 0 Å². The number of amidine groups is 1. The number of nitrogens with one attached hydrogen (secondary N) is 1. The van der Waals surface area contributed by atoms with Gasteiger partial charge < -0.3 is 18.6 Å². The number of para-hydroxylation sites is 2. The van der Waals surface area contributed by atoms with Crippen molar-refractivity contribution in [3.8, 4) is 0 Å². The molecule has 0 heterocycles. The number of rotatable bonds is 12. The smallest absolute Gasteiger partial charge is 0.374 e. The molecule has 0 aromatic heterocycles. The zero-order valence-electron chi connectivity index (χ0n) is 17.6.